The van der Waals surface area contributed by atoms with Crippen LogP contribution in [0.5, 0.6) is 0 Å². The van der Waals surface area contributed by atoms with Crippen molar-refractivity contribution in [1.29, 1.82) is 0 Å². The second-order valence-corrected chi connectivity index (χ2v) is 0.787. The van der Waals surface area contributed by atoms with Gasteiger partial charge in [0.15, 0.2) is 6.29 Å². The average molecular weight is 80.1 g/mol. The molecular formula is C5H4O. The van der Waals surface area contributed by atoms with Gasteiger partial charge in [0.1, 0.15) is 0 Å². The van der Waals surface area contributed by atoms with Gasteiger partial charge in [0.05, 0.1) is 5.57 Å². The van der Waals surface area contributed by atoms with Crippen LogP contribution in [0.25, 0.3) is 0 Å². The molecule has 6 heavy (non-hydrogen) atoms. The third-order valence-corrected chi connectivity index (χ3v) is 0.328. The summed E-state index contributed by atoms with van der Waals surface area (Å²) in [5, 5.41) is 0. The van der Waals surface area contributed by atoms with Crippen LogP contribution in [0.1, 0.15) is 0 Å². The molecule has 0 radical (unpaired) electrons. The van der Waals surface area contributed by atoms with Crippen molar-refractivity contribution in [2.45, 2.75) is 0 Å². The molecule has 0 aliphatic carbocycles. The molecule has 0 aromatic rings. The minimum absolute atomic E-state index is 0.190. The first kappa shape index (κ1) is 4.97. The summed E-state index contributed by atoms with van der Waals surface area (Å²) < 4.78 is 0. The van der Waals surface area contributed by atoms with Crippen LogP contribution in [0.4, 0.5) is 0 Å². The zero-order valence-corrected chi connectivity index (χ0v) is 3.27. The van der Waals surface area contributed by atoms with Gasteiger partial charge in [-0.1, -0.05) is 12.5 Å². The molecule has 0 spiro atoms. The number of hydrogen-bond donors (Lipinski definition) is 0. The number of terminal acetylenes is 1. The molecule has 0 N–H and O–H groups in total. The Labute approximate surface area is 36.7 Å². The molecule has 0 aromatic carbocycles. The van der Waals surface area contributed by atoms with E-state index in [4.69, 9.17) is 6.42 Å². The van der Waals surface area contributed by atoms with Crippen LogP contribution < -0.4 is 0 Å². The van der Waals surface area contributed by atoms with E-state index in [0.717, 1.165) is 0 Å². The Balaban J connectivity index is 3.63. The number of aldehydes is 1. The van der Waals surface area contributed by atoms with E-state index in [1.54, 1.807) is 0 Å². The molecule has 0 amide bonds. The first-order valence-corrected chi connectivity index (χ1v) is 1.42. The molecule has 1 heteroatoms. The van der Waals surface area contributed by atoms with Crippen LogP contribution >= 0.6 is 0 Å². The summed E-state index contributed by atoms with van der Waals surface area (Å²) in [6, 6.07) is 0. The van der Waals surface area contributed by atoms with Gasteiger partial charge in [-0.15, -0.1) is 6.42 Å². The van der Waals surface area contributed by atoms with Crippen LogP contribution in [0, 0.1) is 12.3 Å². The monoisotopic (exact) mass is 80.0 g/mol. The van der Waals surface area contributed by atoms with Crippen molar-refractivity contribution in [3.8, 4) is 12.3 Å². The summed E-state index contributed by atoms with van der Waals surface area (Å²) in [6.07, 6.45) is 5.24. The summed E-state index contributed by atoms with van der Waals surface area (Å²) >= 11 is 0. The molecule has 0 atom stereocenters. The van der Waals surface area contributed by atoms with Crippen LogP contribution in [-0.2, 0) is 4.79 Å². The molecule has 0 bridgehead atoms. The number of rotatable bonds is 1. The Bertz CT molecular complexity index is 106. The van der Waals surface area contributed by atoms with Gasteiger partial charge in [-0.25, -0.2) is 0 Å². The Hall–Kier alpha value is -1.03. The van der Waals surface area contributed by atoms with Gasteiger partial charge < -0.3 is 0 Å². The second-order valence-electron chi connectivity index (χ2n) is 0.787. The molecule has 0 fully saturated rings. The van der Waals surface area contributed by atoms with E-state index in [1.165, 1.54) is 0 Å². The zero-order valence-electron chi connectivity index (χ0n) is 3.27. The predicted octanol–water partition coefficient (Wildman–Crippen LogP) is 0.375. The quantitative estimate of drug-likeness (QED) is 0.253. The zero-order chi connectivity index (χ0) is 4.99. The molecule has 0 aromatic heterocycles. The topological polar surface area (TPSA) is 17.1 Å². The lowest BCUT2D eigenvalue weighted by Crippen LogP contribution is -1.69. The SMILES string of the molecule is C#CC(=C)C=O. The van der Waals surface area contributed by atoms with Gasteiger partial charge >= 0.3 is 0 Å². The minimum atomic E-state index is 0.190. The van der Waals surface area contributed by atoms with Gasteiger partial charge in [-0.3, -0.25) is 4.79 Å². The van der Waals surface area contributed by atoms with Crippen molar-refractivity contribution < 1.29 is 4.79 Å². The summed E-state index contributed by atoms with van der Waals surface area (Å²) in [7, 11) is 0. The second kappa shape index (κ2) is 2.22. The molecule has 0 saturated carbocycles. The van der Waals surface area contributed by atoms with Gasteiger partial charge in [0.25, 0.3) is 0 Å². The van der Waals surface area contributed by atoms with E-state index in [-0.39, 0.29) is 5.57 Å². The van der Waals surface area contributed by atoms with Crippen molar-refractivity contribution in [2.24, 2.45) is 0 Å². The average Bonchev–Trinajstić information content (AvgIpc) is 1.65. The Morgan fingerprint density at radius 1 is 2.00 bits per heavy atom. The van der Waals surface area contributed by atoms with Gasteiger partial charge in [-0.2, -0.15) is 0 Å². The molecular weight excluding hydrogens is 76.1 g/mol. The lowest BCUT2D eigenvalue weighted by Gasteiger charge is -1.67. The molecule has 0 rings (SSSR count). The molecule has 0 unspecified atom stereocenters. The standard InChI is InChI=1S/C5H4O/c1-3-5(2)4-6/h1,4H,2H2. The maximum absolute atomic E-state index is 9.49. The molecule has 0 heterocycles. The van der Waals surface area contributed by atoms with Gasteiger partial charge in [0, 0.05) is 0 Å². The third kappa shape index (κ3) is 1.31. The van der Waals surface area contributed by atoms with E-state index in [2.05, 4.69) is 12.5 Å². The van der Waals surface area contributed by atoms with Crippen LogP contribution in [-0.4, -0.2) is 6.29 Å². The van der Waals surface area contributed by atoms with Gasteiger partial charge in [0.2, 0.25) is 0 Å². The smallest absolute Gasteiger partial charge is 0.157 e. The highest BCUT2D eigenvalue weighted by Crippen LogP contribution is 1.72. The lowest BCUT2D eigenvalue weighted by atomic mass is 10.4. The first-order chi connectivity index (χ1) is 2.81. The third-order valence-electron chi connectivity index (χ3n) is 0.328. The van der Waals surface area contributed by atoms with E-state index in [9.17, 15) is 4.79 Å². The van der Waals surface area contributed by atoms with Crippen LogP contribution in [0.3, 0.4) is 0 Å². The summed E-state index contributed by atoms with van der Waals surface area (Å²) in [5.74, 6) is 2.05. The summed E-state index contributed by atoms with van der Waals surface area (Å²) in [5.41, 5.74) is 0.190. The number of allylic oxidation sites excluding steroid dienone is 1. The largest absolute Gasteiger partial charge is 0.297 e. The molecule has 1 nitrogen and oxygen atoms in total. The Kier molecular flexibility index (Phi) is 1.84. The Morgan fingerprint density at radius 3 is 2.50 bits per heavy atom. The highest BCUT2D eigenvalue weighted by atomic mass is 16.1. The van der Waals surface area contributed by atoms with Crippen molar-refractivity contribution in [3.63, 3.8) is 0 Å². The molecule has 0 saturated heterocycles. The van der Waals surface area contributed by atoms with Crippen molar-refractivity contribution in [1.82, 2.24) is 0 Å². The summed E-state index contributed by atoms with van der Waals surface area (Å²) in [6.45, 7) is 3.19. The van der Waals surface area contributed by atoms with E-state index in [0.29, 0.717) is 6.29 Å². The summed E-state index contributed by atoms with van der Waals surface area (Å²) in [4.78, 5) is 9.49. The van der Waals surface area contributed by atoms with Crippen LogP contribution in [0.15, 0.2) is 12.2 Å². The van der Waals surface area contributed by atoms with E-state index >= 15 is 0 Å². The van der Waals surface area contributed by atoms with Crippen molar-refractivity contribution in [2.75, 3.05) is 0 Å². The van der Waals surface area contributed by atoms with Crippen LogP contribution in [0.2, 0.25) is 0 Å². The van der Waals surface area contributed by atoms with E-state index in [1.807, 2.05) is 0 Å². The lowest BCUT2D eigenvalue weighted by molar-refractivity contribution is -0.104. The molecule has 0 aliphatic rings. The maximum atomic E-state index is 9.49. The number of carbonyl (C=O) groups is 1. The van der Waals surface area contributed by atoms with E-state index < -0.39 is 0 Å². The maximum Gasteiger partial charge on any atom is 0.157 e. The fraction of sp³-hybridized carbons (Fsp3) is 0. The number of hydrogen-bond acceptors (Lipinski definition) is 1. The fourth-order valence-electron chi connectivity index (χ4n) is 0.0340. The fourth-order valence-corrected chi connectivity index (χ4v) is 0.0340. The molecule has 30 valence electrons. The predicted molar refractivity (Wildman–Crippen MR) is 24.0 cm³/mol. The Morgan fingerprint density at radius 2 is 2.50 bits per heavy atom. The van der Waals surface area contributed by atoms with Crippen molar-refractivity contribution in [3.05, 3.63) is 12.2 Å². The first-order valence-electron chi connectivity index (χ1n) is 1.42. The normalized spacial score (nSPS) is 5.83. The molecule has 0 aliphatic heterocycles. The minimum Gasteiger partial charge on any atom is -0.297 e. The number of carbonyl (C=O) groups excluding carboxylic acids is 1. The van der Waals surface area contributed by atoms with Gasteiger partial charge in [-0.05, 0) is 0 Å². The van der Waals surface area contributed by atoms with Crippen molar-refractivity contribution >= 4 is 6.29 Å². The highest BCUT2D eigenvalue weighted by Gasteiger charge is 1.72. The highest BCUT2D eigenvalue weighted by molar-refractivity contribution is 5.78.